The topological polar surface area (TPSA) is 81.8 Å². The smallest absolute Gasteiger partial charge is 0.323 e. The molecule has 6 heteroatoms. The lowest BCUT2D eigenvalue weighted by Crippen LogP contribution is -2.38. The van der Waals surface area contributed by atoms with Gasteiger partial charge in [-0.2, -0.15) is 4.36 Å². The van der Waals surface area contributed by atoms with Crippen LogP contribution in [0.3, 0.4) is 0 Å². The second-order valence-corrected chi connectivity index (χ2v) is 8.83. The van der Waals surface area contributed by atoms with Gasteiger partial charge in [0.1, 0.15) is 11.6 Å². The molecule has 0 aromatic heterocycles. The lowest BCUT2D eigenvalue weighted by Gasteiger charge is -2.22. The molecule has 0 fully saturated rings. The van der Waals surface area contributed by atoms with E-state index in [2.05, 4.69) is 4.36 Å². The standard InChI is InChI=1S/C15H24N2O3S/c1-15(2,3)20-14(18)13(16)10-11-6-8-12(9-7-11)17-21(4,5)19/h6-9,13H,10,16H2,1-5H3. The molecule has 0 bridgehead atoms. The number of esters is 1. The van der Waals surface area contributed by atoms with Gasteiger partial charge in [-0.15, -0.1) is 0 Å². The predicted octanol–water partition coefficient (Wildman–Crippen LogP) is 2.26. The number of nitrogens with zero attached hydrogens (tertiary/aromatic N) is 1. The monoisotopic (exact) mass is 312 g/mol. The van der Waals surface area contributed by atoms with Gasteiger partial charge in [-0.05, 0) is 44.9 Å². The third-order valence-corrected chi connectivity index (χ3v) is 3.08. The normalized spacial score (nSPS) is 13.6. The molecule has 0 aliphatic carbocycles. The van der Waals surface area contributed by atoms with Gasteiger partial charge in [-0.25, -0.2) is 4.21 Å². The van der Waals surface area contributed by atoms with Crippen molar-refractivity contribution < 1.29 is 13.7 Å². The number of benzene rings is 1. The summed E-state index contributed by atoms with van der Waals surface area (Å²) in [6, 6.07) is 6.49. The Morgan fingerprint density at radius 2 is 1.81 bits per heavy atom. The molecule has 1 rings (SSSR count). The van der Waals surface area contributed by atoms with Crippen LogP contribution in [0.2, 0.25) is 0 Å². The molecule has 0 amide bonds. The maximum absolute atomic E-state index is 11.8. The Bertz CT molecular complexity index is 601. The van der Waals surface area contributed by atoms with Crippen molar-refractivity contribution in [1.82, 2.24) is 0 Å². The van der Waals surface area contributed by atoms with Gasteiger partial charge in [-0.3, -0.25) is 4.79 Å². The third-order valence-electron chi connectivity index (χ3n) is 2.43. The van der Waals surface area contributed by atoms with Crippen LogP contribution in [0, 0.1) is 0 Å². The lowest BCUT2D eigenvalue weighted by molar-refractivity contribution is -0.156. The number of rotatable bonds is 4. The van der Waals surface area contributed by atoms with Gasteiger partial charge < -0.3 is 10.5 Å². The molecule has 0 aliphatic heterocycles. The number of carbonyl (C=O) groups excluding carboxylic acids is 1. The van der Waals surface area contributed by atoms with E-state index in [0.717, 1.165) is 5.56 Å². The van der Waals surface area contributed by atoms with E-state index < -0.39 is 27.3 Å². The number of hydrogen-bond acceptors (Lipinski definition) is 5. The maximum atomic E-state index is 11.8. The highest BCUT2D eigenvalue weighted by Gasteiger charge is 2.22. The quantitative estimate of drug-likeness (QED) is 0.865. The van der Waals surface area contributed by atoms with Crippen molar-refractivity contribution in [2.75, 3.05) is 12.5 Å². The zero-order valence-corrected chi connectivity index (χ0v) is 14.1. The van der Waals surface area contributed by atoms with E-state index in [1.54, 1.807) is 45.4 Å². The van der Waals surface area contributed by atoms with Crippen molar-refractivity contribution in [3.8, 4) is 0 Å². The SMILES string of the molecule is CC(C)(C)OC(=O)C(N)Cc1ccc(N=S(C)(C)=O)cc1. The number of carbonyl (C=O) groups is 1. The summed E-state index contributed by atoms with van der Waals surface area (Å²) in [5, 5.41) is 0. The summed E-state index contributed by atoms with van der Waals surface area (Å²) >= 11 is 0. The molecule has 2 N–H and O–H groups in total. The van der Waals surface area contributed by atoms with E-state index in [0.29, 0.717) is 12.1 Å². The molecule has 118 valence electrons. The van der Waals surface area contributed by atoms with E-state index in [-0.39, 0.29) is 0 Å². The minimum absolute atomic E-state index is 0.392. The number of hydrogen-bond donors (Lipinski definition) is 1. The molecule has 1 unspecified atom stereocenters. The minimum atomic E-state index is -2.17. The van der Waals surface area contributed by atoms with Crippen LogP contribution in [0.4, 0.5) is 5.69 Å². The van der Waals surface area contributed by atoms with Gasteiger partial charge in [0.15, 0.2) is 0 Å². The van der Waals surface area contributed by atoms with E-state index in [1.165, 1.54) is 0 Å². The van der Waals surface area contributed by atoms with E-state index in [4.69, 9.17) is 10.5 Å². The molecule has 1 aromatic rings. The zero-order valence-electron chi connectivity index (χ0n) is 13.3. The maximum Gasteiger partial charge on any atom is 0.323 e. The molecule has 0 radical (unpaired) electrons. The molecule has 5 nitrogen and oxygen atoms in total. The Morgan fingerprint density at radius 3 is 2.24 bits per heavy atom. The lowest BCUT2D eigenvalue weighted by atomic mass is 10.1. The van der Waals surface area contributed by atoms with Crippen LogP contribution in [0.15, 0.2) is 28.6 Å². The summed E-state index contributed by atoms with van der Waals surface area (Å²) in [7, 11) is -2.17. The van der Waals surface area contributed by atoms with Gasteiger partial charge in [0.25, 0.3) is 0 Å². The molecule has 21 heavy (non-hydrogen) atoms. The van der Waals surface area contributed by atoms with Crippen LogP contribution >= 0.6 is 0 Å². The average Bonchev–Trinajstić information content (AvgIpc) is 2.27. The first-order valence-electron chi connectivity index (χ1n) is 6.71. The number of nitrogens with two attached hydrogens (primary N) is 1. The second kappa shape index (κ2) is 6.58. The fourth-order valence-corrected chi connectivity index (χ4v) is 2.29. The molecule has 1 aromatic carbocycles. The van der Waals surface area contributed by atoms with Crippen LogP contribution in [0.1, 0.15) is 26.3 Å². The molecule has 1 atom stereocenters. The third kappa shape index (κ3) is 7.24. The van der Waals surface area contributed by atoms with Crippen LogP contribution in [-0.2, 0) is 25.7 Å². The van der Waals surface area contributed by atoms with E-state index in [9.17, 15) is 9.00 Å². The van der Waals surface area contributed by atoms with Crippen molar-refractivity contribution in [1.29, 1.82) is 0 Å². The molecular formula is C15H24N2O3S. The van der Waals surface area contributed by atoms with Crippen molar-refractivity contribution >= 4 is 21.4 Å². The largest absolute Gasteiger partial charge is 0.459 e. The summed E-state index contributed by atoms with van der Waals surface area (Å²) in [6.07, 6.45) is 3.56. The first kappa shape index (κ1) is 17.7. The van der Waals surface area contributed by atoms with E-state index in [1.807, 2.05) is 12.1 Å². The summed E-state index contributed by atoms with van der Waals surface area (Å²) in [6.45, 7) is 5.42. The molecule has 0 aliphatic rings. The van der Waals surface area contributed by atoms with Crippen LogP contribution in [0.25, 0.3) is 0 Å². The van der Waals surface area contributed by atoms with Crippen molar-refractivity contribution in [2.24, 2.45) is 10.1 Å². The van der Waals surface area contributed by atoms with Crippen LogP contribution < -0.4 is 5.73 Å². The fourth-order valence-electron chi connectivity index (χ4n) is 1.66. The van der Waals surface area contributed by atoms with Crippen molar-refractivity contribution in [3.05, 3.63) is 29.8 Å². The molecule has 0 saturated carbocycles. The van der Waals surface area contributed by atoms with Gasteiger partial charge in [0.05, 0.1) is 5.69 Å². The summed E-state index contributed by atoms with van der Waals surface area (Å²) in [4.78, 5) is 11.8. The first-order valence-corrected chi connectivity index (χ1v) is 9.04. The summed E-state index contributed by atoms with van der Waals surface area (Å²) in [5.74, 6) is -0.415. The minimum Gasteiger partial charge on any atom is -0.459 e. The zero-order chi connectivity index (χ0) is 16.3. The van der Waals surface area contributed by atoms with Crippen LogP contribution in [0.5, 0.6) is 0 Å². The Balaban J connectivity index is 2.72. The highest BCUT2D eigenvalue weighted by Crippen LogP contribution is 2.16. The average molecular weight is 312 g/mol. The highest BCUT2D eigenvalue weighted by molar-refractivity contribution is 7.92. The Morgan fingerprint density at radius 1 is 1.29 bits per heavy atom. The van der Waals surface area contributed by atoms with Gasteiger partial charge in [0.2, 0.25) is 0 Å². The van der Waals surface area contributed by atoms with E-state index >= 15 is 0 Å². The number of ether oxygens (including phenoxy) is 1. The Kier molecular flexibility index (Phi) is 5.53. The second-order valence-electron chi connectivity index (χ2n) is 6.28. The summed E-state index contributed by atoms with van der Waals surface area (Å²) in [5.41, 5.74) is 6.87. The Labute approximate surface area is 127 Å². The molecule has 0 spiro atoms. The molecular weight excluding hydrogens is 288 g/mol. The van der Waals surface area contributed by atoms with Gasteiger partial charge in [-0.1, -0.05) is 12.1 Å². The van der Waals surface area contributed by atoms with Gasteiger partial charge >= 0.3 is 5.97 Å². The van der Waals surface area contributed by atoms with Gasteiger partial charge in [0, 0.05) is 22.2 Å². The van der Waals surface area contributed by atoms with Crippen molar-refractivity contribution in [2.45, 2.75) is 38.8 Å². The highest BCUT2D eigenvalue weighted by atomic mass is 32.2. The van der Waals surface area contributed by atoms with Crippen molar-refractivity contribution in [3.63, 3.8) is 0 Å². The molecule has 0 saturated heterocycles. The first-order chi connectivity index (χ1) is 9.46. The Hall–Kier alpha value is -1.40. The van der Waals surface area contributed by atoms with Crippen LogP contribution in [-0.4, -0.2) is 34.3 Å². The fraction of sp³-hybridized carbons (Fsp3) is 0.533. The molecule has 0 heterocycles. The summed E-state index contributed by atoms with van der Waals surface area (Å²) < 4.78 is 20.9. The predicted molar refractivity (Wildman–Crippen MR) is 86.0 cm³/mol.